The molecule has 3 aromatic carbocycles. The van der Waals surface area contributed by atoms with Gasteiger partial charge in [0.2, 0.25) is 5.75 Å². The van der Waals surface area contributed by atoms with Gasteiger partial charge in [0.05, 0.1) is 39.3 Å². The third-order valence-electron chi connectivity index (χ3n) is 4.39. The number of nitrogens with zero attached hydrogens (tertiary/aromatic N) is 3. The number of nitrogens with one attached hydrogen (secondary N) is 1. The van der Waals surface area contributed by atoms with Crippen LogP contribution in [0.1, 0.15) is 22.8 Å². The number of halogens is 2. The van der Waals surface area contributed by atoms with Gasteiger partial charge in [0.25, 0.3) is 11.6 Å². The molecule has 0 saturated heterocycles. The van der Waals surface area contributed by atoms with Gasteiger partial charge in [-0.25, -0.2) is 5.43 Å². The Labute approximate surface area is 208 Å². The molecule has 0 bridgehead atoms. The fourth-order valence-electron chi connectivity index (χ4n) is 2.82. The van der Waals surface area contributed by atoms with Crippen LogP contribution in [0.3, 0.4) is 0 Å². The second-order valence-electron chi connectivity index (χ2n) is 6.73. The molecule has 0 aliphatic rings. The number of ether oxygens (including phenoxy) is 2. The highest BCUT2D eigenvalue weighted by atomic mass is 35.5. The van der Waals surface area contributed by atoms with Crippen LogP contribution in [0.2, 0.25) is 10.0 Å². The van der Waals surface area contributed by atoms with E-state index in [1.54, 1.807) is 19.1 Å². The highest BCUT2D eigenvalue weighted by Crippen LogP contribution is 2.38. The minimum absolute atomic E-state index is 0.137. The zero-order chi connectivity index (χ0) is 25.5. The van der Waals surface area contributed by atoms with E-state index in [9.17, 15) is 25.0 Å². The first-order chi connectivity index (χ1) is 16.7. The van der Waals surface area contributed by atoms with E-state index < -0.39 is 27.1 Å². The molecule has 11 nitrogen and oxygen atoms in total. The Hall–Kier alpha value is -4.22. The van der Waals surface area contributed by atoms with Gasteiger partial charge >= 0.3 is 5.69 Å². The first-order valence-corrected chi connectivity index (χ1v) is 10.6. The van der Waals surface area contributed by atoms with Gasteiger partial charge in [-0.1, -0.05) is 23.2 Å². The van der Waals surface area contributed by atoms with Crippen LogP contribution < -0.4 is 14.9 Å². The highest BCUT2D eigenvalue weighted by Gasteiger charge is 2.22. The van der Waals surface area contributed by atoms with Crippen LogP contribution in [-0.4, -0.2) is 28.6 Å². The molecule has 0 aliphatic carbocycles. The van der Waals surface area contributed by atoms with Crippen molar-refractivity contribution in [2.75, 3.05) is 6.61 Å². The summed E-state index contributed by atoms with van der Waals surface area (Å²) in [5.74, 6) is -0.373. The summed E-state index contributed by atoms with van der Waals surface area (Å²) in [5.41, 5.74) is 2.04. The summed E-state index contributed by atoms with van der Waals surface area (Å²) in [5, 5.41) is 26.8. The smallest absolute Gasteiger partial charge is 0.318 e. The van der Waals surface area contributed by atoms with Crippen LogP contribution in [0, 0.1) is 20.2 Å². The number of carbonyl (C=O) groups excluding carboxylic acids is 1. The molecule has 0 saturated carbocycles. The third-order valence-corrected chi connectivity index (χ3v) is 4.94. The minimum Gasteiger partial charge on any atom is -0.490 e. The van der Waals surface area contributed by atoms with Gasteiger partial charge in [0.15, 0.2) is 11.5 Å². The number of hydrazone groups is 1. The molecule has 180 valence electrons. The average Bonchev–Trinajstić information content (AvgIpc) is 2.80. The van der Waals surface area contributed by atoms with E-state index >= 15 is 0 Å². The quantitative estimate of drug-likeness (QED) is 0.215. The summed E-state index contributed by atoms with van der Waals surface area (Å²) in [6.45, 7) is 1.99. The van der Waals surface area contributed by atoms with Crippen LogP contribution in [0.5, 0.6) is 17.2 Å². The number of nitro groups is 2. The number of benzene rings is 3. The Balaban J connectivity index is 1.81. The maximum absolute atomic E-state index is 12.3. The van der Waals surface area contributed by atoms with E-state index in [4.69, 9.17) is 32.7 Å². The molecular weight excluding hydrogens is 503 g/mol. The topological polar surface area (TPSA) is 146 Å². The largest absolute Gasteiger partial charge is 0.490 e. The lowest BCUT2D eigenvalue weighted by atomic mass is 10.2. The van der Waals surface area contributed by atoms with E-state index in [2.05, 4.69) is 10.5 Å². The van der Waals surface area contributed by atoms with Crippen LogP contribution in [0.25, 0.3) is 0 Å². The van der Waals surface area contributed by atoms with E-state index in [0.29, 0.717) is 10.6 Å². The SMILES string of the molecule is CCOc1cc(/C=N\NC(=O)c2ccc(Cl)cc2Cl)ccc1Oc1ccc([N+](=O)[O-])cc1[N+](=O)[O-]. The Morgan fingerprint density at radius 3 is 2.40 bits per heavy atom. The van der Waals surface area contributed by atoms with E-state index in [0.717, 1.165) is 18.2 Å². The number of amides is 1. The molecule has 1 amide bonds. The zero-order valence-electron chi connectivity index (χ0n) is 17.9. The summed E-state index contributed by atoms with van der Waals surface area (Å²) in [4.78, 5) is 33.0. The average molecular weight is 519 g/mol. The third kappa shape index (κ3) is 6.43. The van der Waals surface area contributed by atoms with Crippen molar-refractivity contribution < 1.29 is 24.1 Å². The Morgan fingerprint density at radius 2 is 1.74 bits per heavy atom. The maximum atomic E-state index is 12.3. The number of hydrogen-bond acceptors (Lipinski definition) is 8. The second-order valence-corrected chi connectivity index (χ2v) is 7.57. The predicted octanol–water partition coefficient (Wildman–Crippen LogP) is 5.76. The molecule has 13 heteroatoms. The molecule has 35 heavy (non-hydrogen) atoms. The fraction of sp³-hybridized carbons (Fsp3) is 0.0909. The van der Waals surface area contributed by atoms with Crippen molar-refractivity contribution in [2.45, 2.75) is 6.92 Å². The van der Waals surface area contributed by atoms with Crippen LogP contribution in [-0.2, 0) is 0 Å². The molecule has 0 aromatic heterocycles. The molecule has 0 spiro atoms. The number of non-ortho nitro benzene ring substituents is 1. The molecular formula is C22H16Cl2N4O7. The van der Waals surface area contributed by atoms with Gasteiger partial charge in [0.1, 0.15) is 0 Å². The van der Waals surface area contributed by atoms with Gasteiger partial charge in [-0.2, -0.15) is 5.10 Å². The van der Waals surface area contributed by atoms with Gasteiger partial charge in [0, 0.05) is 11.1 Å². The van der Waals surface area contributed by atoms with Crippen molar-refractivity contribution in [3.05, 3.63) is 96.0 Å². The van der Waals surface area contributed by atoms with Crippen molar-refractivity contribution in [3.63, 3.8) is 0 Å². The van der Waals surface area contributed by atoms with E-state index in [1.807, 2.05) is 0 Å². The monoisotopic (exact) mass is 518 g/mol. The molecule has 0 fully saturated rings. The Bertz CT molecular complexity index is 1330. The number of rotatable bonds is 9. The molecule has 3 aromatic rings. The van der Waals surface area contributed by atoms with Gasteiger partial charge in [-0.3, -0.25) is 25.0 Å². The summed E-state index contributed by atoms with van der Waals surface area (Å²) in [6.07, 6.45) is 1.35. The Morgan fingerprint density at radius 1 is 1.00 bits per heavy atom. The van der Waals surface area contributed by atoms with E-state index in [1.165, 1.54) is 30.5 Å². The number of hydrogen-bond donors (Lipinski definition) is 1. The summed E-state index contributed by atoms with van der Waals surface area (Å²) in [6, 6.07) is 12.1. The normalized spacial score (nSPS) is 10.7. The predicted molar refractivity (Wildman–Crippen MR) is 129 cm³/mol. The lowest BCUT2D eigenvalue weighted by molar-refractivity contribution is -0.394. The first-order valence-electron chi connectivity index (χ1n) is 9.85. The summed E-state index contributed by atoms with van der Waals surface area (Å²) < 4.78 is 11.2. The molecule has 0 unspecified atom stereocenters. The highest BCUT2D eigenvalue weighted by molar-refractivity contribution is 6.36. The summed E-state index contributed by atoms with van der Waals surface area (Å²) >= 11 is 11.8. The van der Waals surface area contributed by atoms with Gasteiger partial charge < -0.3 is 9.47 Å². The van der Waals surface area contributed by atoms with Crippen molar-refractivity contribution in [2.24, 2.45) is 5.10 Å². The van der Waals surface area contributed by atoms with Crippen LogP contribution in [0.4, 0.5) is 11.4 Å². The minimum atomic E-state index is -0.778. The first kappa shape index (κ1) is 25.4. The van der Waals surface area contributed by atoms with Gasteiger partial charge in [-0.15, -0.1) is 0 Å². The van der Waals surface area contributed by atoms with Crippen LogP contribution >= 0.6 is 23.2 Å². The lowest BCUT2D eigenvalue weighted by Crippen LogP contribution is -2.18. The number of carbonyl (C=O) groups is 1. The molecule has 0 radical (unpaired) electrons. The maximum Gasteiger partial charge on any atom is 0.318 e. The standard InChI is InChI=1S/C22H16Cl2N4O7/c1-2-34-21-9-13(12-25-26-22(29)16-6-4-14(23)10-17(16)24)3-7-20(21)35-19-8-5-15(27(30)31)11-18(19)28(32)33/h3-12H,2H2,1H3,(H,26,29)/b25-12-. The molecule has 3 rings (SSSR count). The summed E-state index contributed by atoms with van der Waals surface area (Å²) in [7, 11) is 0. The fourth-order valence-corrected chi connectivity index (χ4v) is 3.32. The van der Waals surface area contributed by atoms with Crippen molar-refractivity contribution >= 4 is 46.7 Å². The Kier molecular flexibility index (Phi) is 8.18. The van der Waals surface area contributed by atoms with Crippen LogP contribution in [0.15, 0.2) is 59.7 Å². The molecule has 0 aliphatic heterocycles. The van der Waals surface area contributed by atoms with Crippen molar-refractivity contribution in [3.8, 4) is 17.2 Å². The van der Waals surface area contributed by atoms with Crippen molar-refractivity contribution in [1.29, 1.82) is 0 Å². The second kappa shape index (κ2) is 11.3. The zero-order valence-corrected chi connectivity index (χ0v) is 19.4. The molecule has 1 N–H and O–H groups in total. The number of nitro benzene ring substituents is 2. The molecule has 0 atom stereocenters. The molecule has 0 heterocycles. The lowest BCUT2D eigenvalue weighted by Gasteiger charge is -2.12. The van der Waals surface area contributed by atoms with Crippen molar-refractivity contribution in [1.82, 2.24) is 5.43 Å². The van der Waals surface area contributed by atoms with Gasteiger partial charge in [-0.05, 0) is 55.0 Å². The van der Waals surface area contributed by atoms with E-state index in [-0.39, 0.29) is 34.4 Å².